The molecule has 1 fully saturated rings. The molecule has 0 aromatic heterocycles. The van der Waals surface area contributed by atoms with Crippen molar-refractivity contribution in [3.05, 3.63) is 0 Å². The largest absolute Gasteiger partial charge is 0.414 e. The van der Waals surface area contributed by atoms with Gasteiger partial charge < -0.3 is 9.16 Å². The van der Waals surface area contributed by atoms with Crippen molar-refractivity contribution in [1.82, 2.24) is 0 Å². The molecule has 0 N–H and O–H groups in total. The first-order valence-corrected chi connectivity index (χ1v) is 13.6. The summed E-state index contributed by atoms with van der Waals surface area (Å²) in [5.74, 6) is 0. The van der Waals surface area contributed by atoms with Gasteiger partial charge in [0.2, 0.25) is 0 Å². The first-order valence-electron chi connectivity index (χ1n) is 8.36. The molecule has 2 atom stereocenters. The Labute approximate surface area is 122 Å². The van der Waals surface area contributed by atoms with E-state index in [2.05, 4.69) is 41.5 Å². The van der Waals surface area contributed by atoms with Crippen molar-refractivity contribution in [3.63, 3.8) is 0 Å². The van der Waals surface area contributed by atoms with E-state index in [0.717, 1.165) is 6.61 Å². The van der Waals surface area contributed by atoms with Gasteiger partial charge in [-0.2, -0.15) is 0 Å². The van der Waals surface area contributed by atoms with Crippen molar-refractivity contribution in [2.45, 2.75) is 89.6 Å². The summed E-state index contributed by atoms with van der Waals surface area (Å²) >= 11 is 0. The molecule has 0 bridgehead atoms. The lowest BCUT2D eigenvalue weighted by Crippen LogP contribution is -2.42. The molecule has 0 spiro atoms. The van der Waals surface area contributed by atoms with Crippen LogP contribution in [-0.2, 0) is 9.16 Å². The first kappa shape index (κ1) is 17.4. The highest BCUT2D eigenvalue weighted by molar-refractivity contribution is 6.81. The molecule has 2 nitrogen and oxygen atoms in total. The Kier molecular flexibility index (Phi) is 6.77. The van der Waals surface area contributed by atoms with Crippen LogP contribution in [0.3, 0.4) is 0 Å². The predicted molar refractivity (Wildman–Crippen MR) is 89.0 cm³/mol. The van der Waals surface area contributed by atoms with Crippen LogP contribution in [0.25, 0.3) is 0 Å². The fraction of sp³-hybridized carbons (Fsp3) is 1.00. The minimum atomic E-state index is -1.42. The lowest BCUT2D eigenvalue weighted by Gasteiger charge is -2.28. The van der Waals surface area contributed by atoms with E-state index in [4.69, 9.17) is 9.16 Å². The van der Waals surface area contributed by atoms with Crippen LogP contribution in [0.4, 0.5) is 0 Å². The van der Waals surface area contributed by atoms with Crippen LogP contribution in [0.5, 0.6) is 0 Å². The molecule has 19 heavy (non-hydrogen) atoms. The molecular weight excluding hydrogens is 268 g/mol. The average Bonchev–Trinajstić information content (AvgIpc) is 3.24. The van der Waals surface area contributed by atoms with Crippen molar-refractivity contribution >= 4 is 16.4 Å². The van der Waals surface area contributed by atoms with Crippen molar-refractivity contribution in [1.29, 1.82) is 0 Å². The van der Waals surface area contributed by atoms with Gasteiger partial charge in [-0.3, -0.25) is 0 Å². The minimum Gasteiger partial charge on any atom is -0.414 e. The molecule has 1 heterocycles. The quantitative estimate of drug-likeness (QED) is 0.426. The summed E-state index contributed by atoms with van der Waals surface area (Å²) in [5, 5.41) is 0. The predicted octanol–water partition coefficient (Wildman–Crippen LogP) is 4.82. The van der Waals surface area contributed by atoms with Crippen LogP contribution >= 0.6 is 0 Å². The molecule has 1 saturated heterocycles. The highest BCUT2D eigenvalue weighted by Crippen LogP contribution is 2.39. The zero-order valence-corrected chi connectivity index (χ0v) is 15.9. The fourth-order valence-electron chi connectivity index (χ4n) is 3.48. The van der Waals surface area contributed by atoms with Crippen LogP contribution in [0.15, 0.2) is 0 Å². The second-order valence-corrected chi connectivity index (χ2v) is 16.3. The van der Waals surface area contributed by atoms with Gasteiger partial charge >= 0.3 is 0 Å². The topological polar surface area (TPSA) is 21.8 Å². The maximum atomic E-state index is 6.40. The number of hydrogen-bond donors (Lipinski definition) is 0. The van der Waals surface area contributed by atoms with E-state index < -0.39 is 16.4 Å². The molecule has 1 aliphatic heterocycles. The molecule has 0 unspecified atom stereocenters. The van der Waals surface area contributed by atoms with Gasteiger partial charge in [0.1, 0.15) is 6.10 Å². The summed E-state index contributed by atoms with van der Waals surface area (Å²) in [4.78, 5) is 0. The van der Waals surface area contributed by atoms with E-state index in [0.29, 0.717) is 11.8 Å². The normalized spacial score (nSPS) is 23.7. The van der Waals surface area contributed by atoms with Crippen LogP contribution in [0, 0.1) is 0 Å². The van der Waals surface area contributed by atoms with Crippen LogP contribution in [0.2, 0.25) is 36.3 Å². The SMILES string of the molecule is CC[Si](CC)(CC)OC[C@@H]1O[C@H]1[Si](CC)(CC)CC. The molecule has 0 amide bonds. The third-order valence-corrected chi connectivity index (χ3v) is 16.4. The zero-order valence-electron chi connectivity index (χ0n) is 13.9. The van der Waals surface area contributed by atoms with Gasteiger partial charge in [-0.1, -0.05) is 59.7 Å². The third-order valence-electron chi connectivity index (χ3n) is 5.79. The van der Waals surface area contributed by atoms with Gasteiger partial charge in [0.25, 0.3) is 0 Å². The molecule has 4 heteroatoms. The highest BCUT2D eigenvalue weighted by atomic mass is 28.4. The second kappa shape index (κ2) is 7.39. The summed E-state index contributed by atoms with van der Waals surface area (Å²) in [6, 6.07) is 7.82. The summed E-state index contributed by atoms with van der Waals surface area (Å²) < 4.78 is 12.4. The Morgan fingerprint density at radius 1 is 0.789 bits per heavy atom. The first-order chi connectivity index (χ1) is 9.06. The Morgan fingerprint density at radius 2 is 1.26 bits per heavy atom. The Morgan fingerprint density at radius 3 is 1.63 bits per heavy atom. The molecule has 0 saturated carbocycles. The van der Waals surface area contributed by atoms with Gasteiger partial charge in [0, 0.05) is 0 Å². The molecule has 1 rings (SSSR count). The van der Waals surface area contributed by atoms with Crippen molar-refractivity contribution in [3.8, 4) is 0 Å². The van der Waals surface area contributed by atoms with Gasteiger partial charge in [-0.05, 0) is 18.1 Å². The van der Waals surface area contributed by atoms with Gasteiger partial charge in [-0.25, -0.2) is 0 Å². The van der Waals surface area contributed by atoms with Crippen molar-refractivity contribution in [2.75, 3.05) is 6.61 Å². The highest BCUT2D eigenvalue weighted by Gasteiger charge is 2.53. The van der Waals surface area contributed by atoms with Crippen LogP contribution < -0.4 is 0 Å². The molecule has 0 aromatic rings. The summed E-state index contributed by atoms with van der Waals surface area (Å²) in [6.07, 6.45) is 0.433. The number of rotatable bonds is 10. The summed E-state index contributed by atoms with van der Waals surface area (Å²) in [5.41, 5.74) is 0.588. The van der Waals surface area contributed by atoms with Gasteiger partial charge in [-0.15, -0.1) is 0 Å². The number of ether oxygens (including phenoxy) is 1. The van der Waals surface area contributed by atoms with E-state index in [9.17, 15) is 0 Å². The maximum absolute atomic E-state index is 6.40. The van der Waals surface area contributed by atoms with E-state index in [1.54, 1.807) is 0 Å². The number of epoxide rings is 1. The summed E-state index contributed by atoms with van der Waals surface area (Å²) in [7, 11) is -2.58. The Bertz CT molecular complexity index is 246. The zero-order chi connectivity index (χ0) is 14.5. The molecular formula is C15H34O2Si2. The van der Waals surface area contributed by atoms with E-state index in [-0.39, 0.29) is 0 Å². The molecule has 0 radical (unpaired) electrons. The minimum absolute atomic E-state index is 0.433. The van der Waals surface area contributed by atoms with E-state index in [1.807, 2.05) is 0 Å². The van der Waals surface area contributed by atoms with Gasteiger partial charge in [0.15, 0.2) is 8.32 Å². The Balaban J connectivity index is 2.50. The summed E-state index contributed by atoms with van der Waals surface area (Å²) in [6.45, 7) is 14.9. The second-order valence-electron chi connectivity index (χ2n) is 6.07. The van der Waals surface area contributed by atoms with Crippen LogP contribution in [0.1, 0.15) is 41.5 Å². The molecule has 0 aliphatic carbocycles. The third kappa shape index (κ3) is 3.71. The van der Waals surface area contributed by atoms with Gasteiger partial charge in [0.05, 0.1) is 20.4 Å². The van der Waals surface area contributed by atoms with E-state index >= 15 is 0 Å². The maximum Gasteiger partial charge on any atom is 0.192 e. The smallest absolute Gasteiger partial charge is 0.192 e. The standard InChI is InChI=1S/C15H34O2Si2/c1-7-18(8-2,9-3)15-14(17-15)13-16-19(10-4,11-5)12-6/h14-15H,7-13H2,1-6H3/t14-,15-/m0/s1. The molecule has 0 aromatic carbocycles. The van der Waals surface area contributed by atoms with E-state index in [1.165, 1.54) is 36.3 Å². The lowest BCUT2D eigenvalue weighted by molar-refractivity contribution is 0.249. The fourth-order valence-corrected chi connectivity index (χ4v) is 10.2. The average molecular weight is 303 g/mol. The van der Waals surface area contributed by atoms with Crippen molar-refractivity contribution in [2.24, 2.45) is 0 Å². The molecule has 1 aliphatic rings. The molecule has 114 valence electrons. The van der Waals surface area contributed by atoms with Crippen LogP contribution in [-0.4, -0.2) is 34.8 Å². The Hall–Kier alpha value is 0.354. The van der Waals surface area contributed by atoms with Crippen molar-refractivity contribution < 1.29 is 9.16 Å². The monoisotopic (exact) mass is 302 g/mol. The number of hydrogen-bond acceptors (Lipinski definition) is 2. The lowest BCUT2D eigenvalue weighted by atomic mass is 10.5.